The van der Waals surface area contributed by atoms with E-state index in [0.29, 0.717) is 4.90 Å². The second kappa shape index (κ2) is 4.20. The van der Waals surface area contributed by atoms with Crippen molar-refractivity contribution in [3.63, 3.8) is 0 Å². The molecule has 0 saturated heterocycles. The first-order chi connectivity index (χ1) is 10.3. The smallest absolute Gasteiger partial charge is 0.261 e. The quantitative estimate of drug-likeness (QED) is 0.791. The fraction of sp³-hybridized carbons (Fsp3) is 0.167. The minimum atomic E-state index is -4.07. The molecule has 0 amide bonds. The second-order valence-corrected chi connectivity index (χ2v) is 5.94. The van der Waals surface area contributed by atoms with Gasteiger partial charge in [0.1, 0.15) is 0 Å². The zero-order valence-corrected chi connectivity index (χ0v) is 10.1. The van der Waals surface area contributed by atoms with Crippen molar-refractivity contribution in [1.82, 2.24) is 0 Å². The maximum atomic E-state index is 11.7. The number of benzene rings is 2. The molecule has 0 aliphatic carbocycles. The summed E-state index contributed by atoms with van der Waals surface area (Å²) in [5.74, 6) is 0. The van der Waals surface area contributed by atoms with Crippen LogP contribution >= 0.6 is 10.7 Å². The van der Waals surface area contributed by atoms with E-state index in [4.69, 9.17) is 18.9 Å². The fourth-order valence-electron chi connectivity index (χ4n) is 1.67. The standard InChI is InChI=1S/C12H12ClNO2S/c1-14(2)11-7-3-6-10-9(11)5-4-8-12(10)17(13,15)16/h3-8H,1-2H3/i1D3,2D3. The number of hydrogen-bond donors (Lipinski definition) is 0. The molecule has 0 saturated carbocycles. The predicted octanol–water partition coefficient (Wildman–Crippen LogP) is 2.83. The molecule has 0 bridgehead atoms. The van der Waals surface area contributed by atoms with Crippen molar-refractivity contribution in [1.29, 1.82) is 0 Å². The van der Waals surface area contributed by atoms with E-state index in [1.165, 1.54) is 36.4 Å². The third kappa shape index (κ3) is 2.23. The van der Waals surface area contributed by atoms with Crippen LogP contribution in [0.1, 0.15) is 8.22 Å². The van der Waals surface area contributed by atoms with Crippen LogP contribution < -0.4 is 4.90 Å². The Balaban J connectivity index is 2.87. The minimum Gasteiger partial charge on any atom is -0.377 e. The summed E-state index contributed by atoms with van der Waals surface area (Å²) in [7, 11) is 1.32. The molecule has 0 aliphatic rings. The molecule has 0 spiro atoms. The van der Waals surface area contributed by atoms with E-state index in [0.717, 1.165) is 0 Å². The average molecular weight is 276 g/mol. The van der Waals surface area contributed by atoms with Gasteiger partial charge in [-0.3, -0.25) is 0 Å². The molecular formula is C12H12ClNO2S. The van der Waals surface area contributed by atoms with Gasteiger partial charge in [-0.2, -0.15) is 0 Å². The normalized spacial score (nSPS) is 18.4. The number of hydrogen-bond acceptors (Lipinski definition) is 3. The fourth-order valence-corrected chi connectivity index (χ4v) is 2.76. The second-order valence-electron chi connectivity index (χ2n) is 3.40. The highest BCUT2D eigenvalue weighted by atomic mass is 35.7. The van der Waals surface area contributed by atoms with E-state index in [-0.39, 0.29) is 21.4 Å². The highest BCUT2D eigenvalue weighted by molar-refractivity contribution is 8.14. The molecule has 0 aliphatic heterocycles. The summed E-state index contributed by atoms with van der Waals surface area (Å²) in [5.41, 5.74) is -0.121. The lowest BCUT2D eigenvalue weighted by molar-refractivity contribution is 0.610. The van der Waals surface area contributed by atoms with Gasteiger partial charge in [0.25, 0.3) is 9.05 Å². The van der Waals surface area contributed by atoms with Crippen LogP contribution in [-0.2, 0) is 9.05 Å². The van der Waals surface area contributed by atoms with Crippen LogP contribution in [0.5, 0.6) is 0 Å². The topological polar surface area (TPSA) is 37.4 Å². The van der Waals surface area contributed by atoms with Gasteiger partial charge in [0.05, 0.1) is 4.90 Å². The van der Waals surface area contributed by atoms with Gasteiger partial charge in [0.15, 0.2) is 0 Å². The zero-order chi connectivity index (χ0) is 17.6. The Labute approximate surface area is 113 Å². The Bertz CT molecular complexity index is 833. The number of nitrogens with zero attached hydrogens (tertiary/aromatic N) is 1. The molecule has 0 N–H and O–H groups in total. The van der Waals surface area contributed by atoms with E-state index in [9.17, 15) is 8.42 Å². The van der Waals surface area contributed by atoms with E-state index in [1.54, 1.807) is 0 Å². The average Bonchev–Trinajstić information content (AvgIpc) is 2.34. The Kier molecular flexibility index (Phi) is 1.63. The Morgan fingerprint density at radius 2 is 1.76 bits per heavy atom. The van der Waals surface area contributed by atoms with Gasteiger partial charge < -0.3 is 4.90 Å². The molecule has 0 fully saturated rings. The molecule has 90 valence electrons. The number of fused-ring (bicyclic) bond motifs is 1. The molecule has 17 heavy (non-hydrogen) atoms. The van der Waals surface area contributed by atoms with Crippen LogP contribution in [0.25, 0.3) is 10.8 Å². The summed E-state index contributed by atoms with van der Waals surface area (Å²) in [6, 6.07) is 8.22. The van der Waals surface area contributed by atoms with Crippen molar-refractivity contribution < 1.29 is 16.6 Å². The molecule has 0 heterocycles. The molecule has 0 unspecified atom stereocenters. The highest BCUT2D eigenvalue weighted by Crippen LogP contribution is 2.31. The van der Waals surface area contributed by atoms with Crippen LogP contribution in [-0.4, -0.2) is 22.4 Å². The highest BCUT2D eigenvalue weighted by Gasteiger charge is 2.15. The van der Waals surface area contributed by atoms with Gasteiger partial charge in [-0.1, -0.05) is 24.3 Å². The van der Waals surface area contributed by atoms with Crippen LogP contribution in [0.3, 0.4) is 0 Å². The first kappa shape index (κ1) is 6.61. The Morgan fingerprint density at radius 3 is 2.41 bits per heavy atom. The summed E-state index contributed by atoms with van der Waals surface area (Å²) < 4.78 is 68.2. The molecule has 2 aromatic carbocycles. The molecule has 5 heteroatoms. The molecule has 0 aromatic heterocycles. The van der Waals surface area contributed by atoms with E-state index in [2.05, 4.69) is 0 Å². The summed E-state index contributed by atoms with van der Waals surface area (Å²) in [6.45, 7) is -5.87. The van der Waals surface area contributed by atoms with Crippen LogP contribution in [0.15, 0.2) is 41.3 Å². The molecule has 2 rings (SSSR count). The van der Waals surface area contributed by atoms with Crippen LogP contribution in [0, 0.1) is 0 Å². The van der Waals surface area contributed by atoms with E-state index < -0.39 is 23.0 Å². The third-order valence-electron chi connectivity index (χ3n) is 2.36. The lowest BCUT2D eigenvalue weighted by atomic mass is 10.1. The summed E-state index contributed by atoms with van der Waals surface area (Å²) in [4.78, 5) is 0.0991. The van der Waals surface area contributed by atoms with Gasteiger partial charge in [-0.05, 0) is 12.1 Å². The van der Waals surface area contributed by atoms with Crippen molar-refractivity contribution in [3.8, 4) is 0 Å². The Hall–Kier alpha value is -1.26. The SMILES string of the molecule is [2H]C([2H])([2H])N(c1cccc2c(S(=O)(=O)Cl)cccc12)C([2H])([2H])[2H]. The van der Waals surface area contributed by atoms with Crippen LogP contribution in [0.4, 0.5) is 5.69 Å². The van der Waals surface area contributed by atoms with Crippen molar-refractivity contribution in [3.05, 3.63) is 36.4 Å². The van der Waals surface area contributed by atoms with Gasteiger partial charge in [-0.25, -0.2) is 8.42 Å². The lowest BCUT2D eigenvalue weighted by Crippen LogP contribution is -2.09. The third-order valence-corrected chi connectivity index (χ3v) is 3.74. The summed E-state index contributed by atoms with van der Waals surface area (Å²) >= 11 is 0. The maximum absolute atomic E-state index is 11.7. The molecule has 0 radical (unpaired) electrons. The van der Waals surface area contributed by atoms with Crippen molar-refractivity contribution in [2.45, 2.75) is 4.90 Å². The summed E-state index contributed by atoms with van der Waals surface area (Å²) in [5, 5.41) is 0.319. The molecule has 3 nitrogen and oxygen atoms in total. The predicted molar refractivity (Wildman–Crippen MR) is 71.3 cm³/mol. The monoisotopic (exact) mass is 275 g/mol. The zero-order valence-electron chi connectivity index (χ0n) is 14.5. The van der Waals surface area contributed by atoms with Gasteiger partial charge in [0, 0.05) is 49.3 Å². The van der Waals surface area contributed by atoms with E-state index in [1.807, 2.05) is 0 Å². The lowest BCUT2D eigenvalue weighted by Gasteiger charge is -2.16. The van der Waals surface area contributed by atoms with Crippen LogP contribution in [0.2, 0.25) is 0 Å². The minimum absolute atomic E-state index is 0.121. The van der Waals surface area contributed by atoms with Crippen molar-refractivity contribution >= 4 is 36.2 Å². The number of rotatable bonds is 2. The molecule has 0 atom stereocenters. The molecular weight excluding hydrogens is 258 g/mol. The largest absolute Gasteiger partial charge is 0.377 e. The number of halogens is 1. The maximum Gasteiger partial charge on any atom is 0.261 e. The number of anilines is 1. The summed E-state index contributed by atoms with van der Waals surface area (Å²) in [6.07, 6.45) is 0. The van der Waals surface area contributed by atoms with Gasteiger partial charge in [0.2, 0.25) is 0 Å². The van der Waals surface area contributed by atoms with Gasteiger partial charge in [-0.15, -0.1) is 0 Å². The van der Waals surface area contributed by atoms with Gasteiger partial charge >= 0.3 is 0 Å². The van der Waals surface area contributed by atoms with E-state index >= 15 is 0 Å². The Morgan fingerprint density at radius 1 is 1.12 bits per heavy atom. The molecule has 2 aromatic rings. The first-order valence-corrected chi connectivity index (χ1v) is 6.91. The van der Waals surface area contributed by atoms with Crippen molar-refractivity contribution in [2.24, 2.45) is 0 Å². The van der Waals surface area contributed by atoms with Crippen molar-refractivity contribution in [2.75, 3.05) is 18.9 Å². The first-order valence-electron chi connectivity index (χ1n) is 7.60.